The van der Waals surface area contributed by atoms with Crippen molar-refractivity contribution in [2.75, 3.05) is 0 Å². The number of aromatic amines is 1. The Kier molecular flexibility index (Phi) is 6.49. The number of esters is 1. The fourth-order valence-corrected chi connectivity index (χ4v) is 3.80. The molecule has 37 heavy (non-hydrogen) atoms. The van der Waals surface area contributed by atoms with Crippen LogP contribution in [0, 0.1) is 0 Å². The summed E-state index contributed by atoms with van der Waals surface area (Å²) in [5.74, 6) is -2.62. The Labute approximate surface area is 213 Å². The zero-order valence-corrected chi connectivity index (χ0v) is 19.7. The lowest BCUT2D eigenvalue weighted by Crippen LogP contribution is -2.28. The lowest BCUT2D eigenvalue weighted by molar-refractivity contribution is -0.189. The highest BCUT2D eigenvalue weighted by Gasteiger charge is 2.42. The van der Waals surface area contributed by atoms with E-state index >= 15 is 0 Å². The molecule has 1 N–H and O–H groups in total. The van der Waals surface area contributed by atoms with Gasteiger partial charge in [-0.25, -0.2) is 14.8 Å². The number of hydrogen-bond acceptors (Lipinski definition) is 5. The van der Waals surface area contributed by atoms with Gasteiger partial charge in [0.1, 0.15) is 5.69 Å². The van der Waals surface area contributed by atoms with Gasteiger partial charge < -0.3 is 9.72 Å². The molecule has 11 heteroatoms. The minimum absolute atomic E-state index is 0.0530. The summed E-state index contributed by atoms with van der Waals surface area (Å²) in [5, 5.41) is 4.90. The second-order valence-electron chi connectivity index (χ2n) is 7.99. The first-order valence-electron chi connectivity index (χ1n) is 10.9. The van der Waals surface area contributed by atoms with Gasteiger partial charge in [-0.1, -0.05) is 54.1 Å². The lowest BCUT2D eigenvalue weighted by Gasteiger charge is -2.13. The van der Waals surface area contributed by atoms with Crippen LogP contribution >= 0.6 is 11.6 Å². The number of benzene rings is 2. The first kappa shape index (κ1) is 24.3. The molecule has 3 aromatic heterocycles. The van der Waals surface area contributed by atoms with Crippen molar-refractivity contribution >= 4 is 17.6 Å². The predicted molar refractivity (Wildman–Crippen MR) is 131 cm³/mol. The van der Waals surface area contributed by atoms with Crippen LogP contribution in [0.2, 0.25) is 5.02 Å². The molecule has 0 saturated heterocycles. The quantitative estimate of drug-likeness (QED) is 0.269. The number of alkyl halides is 3. The van der Waals surface area contributed by atoms with Gasteiger partial charge in [0.05, 0.1) is 24.6 Å². The number of aromatic nitrogens is 5. The monoisotopic (exact) mass is 523 g/mol. The molecule has 7 nitrogen and oxygen atoms in total. The van der Waals surface area contributed by atoms with Crippen LogP contribution in [0.5, 0.6) is 5.75 Å². The number of nitrogens with zero attached hydrogens (tertiary/aromatic N) is 4. The van der Waals surface area contributed by atoms with Gasteiger partial charge in [-0.2, -0.15) is 18.3 Å². The van der Waals surface area contributed by atoms with Crippen molar-refractivity contribution in [3.05, 3.63) is 96.0 Å². The zero-order valence-electron chi connectivity index (χ0n) is 18.9. The van der Waals surface area contributed by atoms with Crippen molar-refractivity contribution in [2.45, 2.75) is 12.7 Å². The first-order chi connectivity index (χ1) is 17.8. The molecule has 0 saturated carbocycles. The molecule has 0 bridgehead atoms. The molecule has 2 aromatic carbocycles. The largest absolute Gasteiger partial charge is 0.491 e. The Morgan fingerprint density at radius 2 is 1.73 bits per heavy atom. The maximum atomic E-state index is 13.2. The van der Waals surface area contributed by atoms with E-state index < -0.39 is 12.1 Å². The number of H-pyrrole nitrogens is 1. The molecular formula is C26H17ClF3N5O2. The SMILES string of the molecule is O=C(Oc1c(-c2cnn(Cc3ccc(Cl)cc3)c2)ccnc1-c1ncc(-c2ccccc2)[nH]1)C(F)(F)F. The lowest BCUT2D eigenvalue weighted by atomic mass is 10.1. The molecule has 0 aliphatic rings. The smallest absolute Gasteiger partial charge is 0.417 e. The Morgan fingerprint density at radius 1 is 0.973 bits per heavy atom. The third kappa shape index (κ3) is 5.39. The van der Waals surface area contributed by atoms with Crippen LogP contribution < -0.4 is 4.74 Å². The van der Waals surface area contributed by atoms with Crippen molar-refractivity contribution in [3.8, 4) is 39.7 Å². The molecule has 0 aliphatic carbocycles. The molecule has 0 unspecified atom stereocenters. The van der Waals surface area contributed by atoms with Crippen LogP contribution in [0.3, 0.4) is 0 Å². The second-order valence-corrected chi connectivity index (χ2v) is 8.42. The van der Waals surface area contributed by atoms with Crippen LogP contribution in [0.25, 0.3) is 33.9 Å². The molecule has 0 fully saturated rings. The van der Waals surface area contributed by atoms with Gasteiger partial charge in [0.15, 0.2) is 11.6 Å². The number of nitrogens with one attached hydrogen (secondary N) is 1. The molecular weight excluding hydrogens is 507 g/mol. The molecule has 0 aliphatic heterocycles. The number of ether oxygens (including phenoxy) is 1. The van der Waals surface area contributed by atoms with E-state index in [9.17, 15) is 18.0 Å². The Hall–Kier alpha value is -4.44. The van der Waals surface area contributed by atoms with E-state index in [4.69, 9.17) is 16.3 Å². The molecule has 0 atom stereocenters. The fraction of sp³-hybridized carbons (Fsp3) is 0.0769. The summed E-state index contributed by atoms with van der Waals surface area (Å²) in [6.07, 6.45) is 0.824. The third-order valence-electron chi connectivity index (χ3n) is 5.42. The molecule has 0 radical (unpaired) electrons. The minimum atomic E-state index is -5.21. The Bertz CT molecular complexity index is 1550. The Balaban J connectivity index is 1.54. The average Bonchev–Trinajstić information content (AvgIpc) is 3.56. The predicted octanol–water partition coefficient (Wildman–Crippen LogP) is 6.17. The minimum Gasteiger partial charge on any atom is -0.417 e. The maximum absolute atomic E-state index is 13.2. The maximum Gasteiger partial charge on any atom is 0.491 e. The van der Waals surface area contributed by atoms with Crippen molar-refractivity contribution in [2.24, 2.45) is 0 Å². The standard InChI is InChI=1S/C26H17ClF3N5O2/c27-19-8-6-16(7-9-19)14-35-15-18(12-33-35)20-10-11-31-22(23(20)37-25(36)26(28,29)30)24-32-13-21(34-24)17-4-2-1-3-5-17/h1-13,15H,14H2,(H,32,34). The van der Waals surface area contributed by atoms with Gasteiger partial charge in [-0.05, 0) is 29.3 Å². The van der Waals surface area contributed by atoms with Crippen LogP contribution in [-0.2, 0) is 11.3 Å². The molecule has 5 rings (SSSR count). The van der Waals surface area contributed by atoms with Crippen LogP contribution in [0.4, 0.5) is 13.2 Å². The Morgan fingerprint density at radius 3 is 2.46 bits per heavy atom. The van der Waals surface area contributed by atoms with E-state index in [0.717, 1.165) is 11.1 Å². The molecule has 0 spiro atoms. The van der Waals surface area contributed by atoms with Crippen LogP contribution in [0.15, 0.2) is 85.5 Å². The molecule has 0 amide bonds. The third-order valence-corrected chi connectivity index (χ3v) is 5.67. The number of hydrogen-bond donors (Lipinski definition) is 1. The van der Waals surface area contributed by atoms with Gasteiger partial charge in [0.25, 0.3) is 0 Å². The van der Waals surface area contributed by atoms with E-state index in [1.54, 1.807) is 23.0 Å². The highest BCUT2D eigenvalue weighted by molar-refractivity contribution is 6.30. The van der Waals surface area contributed by atoms with Crippen molar-refractivity contribution in [1.29, 1.82) is 0 Å². The summed E-state index contributed by atoms with van der Waals surface area (Å²) in [7, 11) is 0. The topological polar surface area (TPSA) is 85.7 Å². The van der Waals surface area contributed by atoms with Crippen molar-refractivity contribution < 1.29 is 22.7 Å². The molecule has 5 aromatic rings. The average molecular weight is 524 g/mol. The van der Waals surface area contributed by atoms with E-state index in [1.807, 2.05) is 42.5 Å². The van der Waals surface area contributed by atoms with E-state index in [-0.39, 0.29) is 22.8 Å². The van der Waals surface area contributed by atoms with E-state index in [1.165, 1.54) is 24.7 Å². The van der Waals surface area contributed by atoms with Crippen LogP contribution in [0.1, 0.15) is 5.56 Å². The summed E-state index contributed by atoms with van der Waals surface area (Å²) in [6, 6.07) is 17.9. The number of rotatable bonds is 6. The van der Waals surface area contributed by atoms with E-state index in [0.29, 0.717) is 22.8 Å². The fourth-order valence-electron chi connectivity index (χ4n) is 3.67. The summed E-state index contributed by atoms with van der Waals surface area (Å²) in [5.41, 5.74) is 2.92. The number of imidazole rings is 1. The highest BCUT2D eigenvalue weighted by atomic mass is 35.5. The van der Waals surface area contributed by atoms with Gasteiger partial charge in [0, 0.05) is 28.5 Å². The number of carbonyl (C=O) groups is 1. The summed E-state index contributed by atoms with van der Waals surface area (Å²) in [4.78, 5) is 23.4. The zero-order chi connectivity index (χ0) is 26.0. The number of halogens is 4. The van der Waals surface area contributed by atoms with Crippen LogP contribution in [-0.4, -0.2) is 36.9 Å². The van der Waals surface area contributed by atoms with Gasteiger partial charge in [-0.3, -0.25) is 4.68 Å². The second kappa shape index (κ2) is 9.90. The summed E-state index contributed by atoms with van der Waals surface area (Å²) >= 11 is 5.93. The summed E-state index contributed by atoms with van der Waals surface area (Å²) < 4.78 is 46.0. The van der Waals surface area contributed by atoms with Crippen molar-refractivity contribution in [1.82, 2.24) is 24.7 Å². The number of pyridine rings is 1. The van der Waals surface area contributed by atoms with Gasteiger partial charge in [0.2, 0.25) is 0 Å². The normalized spacial score (nSPS) is 11.5. The molecule has 186 valence electrons. The first-order valence-corrected chi connectivity index (χ1v) is 11.3. The van der Waals surface area contributed by atoms with Gasteiger partial charge >= 0.3 is 12.1 Å². The van der Waals surface area contributed by atoms with Crippen molar-refractivity contribution in [3.63, 3.8) is 0 Å². The van der Waals surface area contributed by atoms with E-state index in [2.05, 4.69) is 20.1 Å². The highest BCUT2D eigenvalue weighted by Crippen LogP contribution is 2.38. The summed E-state index contributed by atoms with van der Waals surface area (Å²) in [6.45, 7) is 0.394. The number of carbonyl (C=O) groups excluding carboxylic acids is 1. The van der Waals surface area contributed by atoms with Gasteiger partial charge in [-0.15, -0.1) is 0 Å². The molecule has 3 heterocycles.